The minimum absolute atomic E-state index is 0.574. The van der Waals surface area contributed by atoms with Crippen molar-refractivity contribution in [1.29, 1.82) is 0 Å². The lowest BCUT2D eigenvalue weighted by molar-refractivity contribution is 0.374. The highest BCUT2D eigenvalue weighted by Crippen LogP contribution is 2.04. The van der Waals surface area contributed by atoms with Gasteiger partial charge < -0.3 is 15.2 Å². The number of nitrogens with zero attached hydrogens (tertiary/aromatic N) is 4. The number of hydrogen-bond acceptors (Lipinski definition) is 4. The van der Waals surface area contributed by atoms with Crippen LogP contribution in [0.25, 0.3) is 0 Å². The van der Waals surface area contributed by atoms with Crippen molar-refractivity contribution in [3.8, 4) is 0 Å². The van der Waals surface area contributed by atoms with Gasteiger partial charge >= 0.3 is 0 Å². The topological polar surface area (TPSA) is 80.3 Å². The van der Waals surface area contributed by atoms with Gasteiger partial charge in [-0.3, -0.25) is 9.67 Å². The van der Waals surface area contributed by atoms with Crippen LogP contribution in [0, 0.1) is 13.8 Å². The number of rotatable bonds is 7. The Bertz CT molecular complexity index is 643. The van der Waals surface area contributed by atoms with E-state index < -0.39 is 0 Å². The van der Waals surface area contributed by atoms with Crippen LogP contribution in [0.2, 0.25) is 0 Å². The molecule has 0 aliphatic rings. The van der Waals surface area contributed by atoms with Crippen molar-refractivity contribution in [3.05, 3.63) is 35.0 Å². The first-order valence-electron chi connectivity index (χ1n) is 8.02. The maximum atomic E-state index is 5.24. The summed E-state index contributed by atoms with van der Waals surface area (Å²) in [6, 6.07) is 4.05. The van der Waals surface area contributed by atoms with E-state index in [-0.39, 0.29) is 0 Å². The zero-order valence-corrected chi connectivity index (χ0v) is 14.4. The van der Waals surface area contributed by atoms with Gasteiger partial charge in [0.2, 0.25) is 0 Å². The van der Waals surface area contributed by atoms with Crippen molar-refractivity contribution in [3.63, 3.8) is 0 Å². The van der Waals surface area contributed by atoms with E-state index in [9.17, 15) is 0 Å². The molecule has 0 saturated heterocycles. The van der Waals surface area contributed by atoms with Crippen LogP contribution in [0.5, 0.6) is 0 Å². The van der Waals surface area contributed by atoms with Crippen LogP contribution >= 0.6 is 0 Å². The van der Waals surface area contributed by atoms with Crippen LogP contribution in [-0.2, 0) is 19.5 Å². The molecule has 126 valence electrons. The Morgan fingerprint density at radius 2 is 2.13 bits per heavy atom. The summed E-state index contributed by atoms with van der Waals surface area (Å²) < 4.78 is 7.28. The first-order chi connectivity index (χ1) is 11.1. The van der Waals surface area contributed by atoms with Gasteiger partial charge in [0.25, 0.3) is 0 Å². The van der Waals surface area contributed by atoms with E-state index in [0.29, 0.717) is 6.54 Å². The summed E-state index contributed by atoms with van der Waals surface area (Å²) in [7, 11) is 1.76. The minimum atomic E-state index is 0.574. The summed E-state index contributed by atoms with van der Waals surface area (Å²) in [5.74, 6) is 1.57. The van der Waals surface area contributed by atoms with Crippen molar-refractivity contribution in [2.24, 2.45) is 4.99 Å². The van der Waals surface area contributed by atoms with E-state index in [0.717, 1.165) is 49.0 Å². The van der Waals surface area contributed by atoms with E-state index in [1.807, 2.05) is 17.7 Å². The fourth-order valence-electron chi connectivity index (χ4n) is 2.33. The molecular formula is C16H26N6O. The van der Waals surface area contributed by atoms with Crippen molar-refractivity contribution in [1.82, 2.24) is 25.6 Å². The molecule has 0 spiro atoms. The Labute approximate surface area is 137 Å². The highest BCUT2D eigenvalue weighted by Gasteiger charge is 2.04. The number of aliphatic imine (C=N–C) groups is 1. The lowest BCUT2D eigenvalue weighted by Gasteiger charge is -2.11. The molecule has 0 radical (unpaired) electrons. The number of nitrogens with one attached hydrogen (secondary N) is 2. The maximum absolute atomic E-state index is 5.24. The van der Waals surface area contributed by atoms with E-state index in [1.165, 1.54) is 5.69 Å². The predicted octanol–water partition coefficient (Wildman–Crippen LogP) is 1.81. The van der Waals surface area contributed by atoms with Gasteiger partial charge in [0, 0.05) is 31.9 Å². The van der Waals surface area contributed by atoms with Gasteiger partial charge in [-0.15, -0.1) is 0 Å². The Hall–Kier alpha value is -2.31. The van der Waals surface area contributed by atoms with Gasteiger partial charge in [-0.25, -0.2) is 0 Å². The van der Waals surface area contributed by atoms with Crippen LogP contribution < -0.4 is 10.6 Å². The molecule has 23 heavy (non-hydrogen) atoms. The van der Waals surface area contributed by atoms with E-state index in [4.69, 9.17) is 4.52 Å². The lowest BCUT2D eigenvalue weighted by atomic mass is 10.3. The summed E-state index contributed by atoms with van der Waals surface area (Å²) in [5, 5.41) is 14.9. The Kier molecular flexibility index (Phi) is 6.19. The van der Waals surface area contributed by atoms with Crippen LogP contribution in [0.15, 0.2) is 21.6 Å². The van der Waals surface area contributed by atoms with Crippen LogP contribution in [-0.4, -0.2) is 34.5 Å². The number of aromatic nitrogens is 3. The molecule has 2 heterocycles. The summed E-state index contributed by atoms with van der Waals surface area (Å²) >= 11 is 0. The lowest BCUT2D eigenvalue weighted by Crippen LogP contribution is -2.37. The standard InChI is InChI=1S/C16H26N6O/c1-5-14-10-15(23-21-14)11-19-16(17-4)18-7-6-8-22-13(3)9-12(2)20-22/h9-10H,5-8,11H2,1-4H3,(H2,17,18,19). The third kappa shape index (κ3) is 5.12. The third-order valence-corrected chi connectivity index (χ3v) is 3.57. The van der Waals surface area contributed by atoms with Crippen molar-refractivity contribution in [2.45, 2.75) is 46.7 Å². The fraction of sp³-hybridized carbons (Fsp3) is 0.562. The second-order valence-electron chi connectivity index (χ2n) is 5.49. The van der Waals surface area contributed by atoms with Crippen LogP contribution in [0.1, 0.15) is 36.2 Å². The molecule has 0 aliphatic carbocycles. The van der Waals surface area contributed by atoms with Crippen LogP contribution in [0.3, 0.4) is 0 Å². The highest BCUT2D eigenvalue weighted by molar-refractivity contribution is 5.79. The van der Waals surface area contributed by atoms with E-state index in [1.54, 1.807) is 7.05 Å². The summed E-state index contributed by atoms with van der Waals surface area (Å²) in [5.41, 5.74) is 3.23. The normalized spacial score (nSPS) is 11.7. The number of hydrogen-bond donors (Lipinski definition) is 2. The smallest absolute Gasteiger partial charge is 0.191 e. The fourth-order valence-corrected chi connectivity index (χ4v) is 2.33. The monoisotopic (exact) mass is 318 g/mol. The molecule has 0 aliphatic heterocycles. The van der Waals surface area contributed by atoms with Gasteiger partial charge in [-0.05, 0) is 32.8 Å². The highest BCUT2D eigenvalue weighted by atomic mass is 16.5. The molecule has 7 heteroatoms. The van der Waals surface area contributed by atoms with Crippen molar-refractivity contribution in [2.75, 3.05) is 13.6 Å². The van der Waals surface area contributed by atoms with E-state index in [2.05, 4.69) is 45.8 Å². The molecule has 2 rings (SSSR count). The molecule has 0 bridgehead atoms. The molecular weight excluding hydrogens is 292 g/mol. The van der Waals surface area contributed by atoms with Crippen molar-refractivity contribution >= 4 is 5.96 Å². The second-order valence-corrected chi connectivity index (χ2v) is 5.49. The number of aryl methyl sites for hydroxylation is 4. The molecule has 0 aromatic carbocycles. The molecule has 2 aromatic heterocycles. The zero-order chi connectivity index (χ0) is 16.7. The molecule has 2 aromatic rings. The Balaban J connectivity index is 1.69. The first-order valence-corrected chi connectivity index (χ1v) is 8.02. The van der Waals surface area contributed by atoms with Gasteiger partial charge in [0.15, 0.2) is 11.7 Å². The summed E-state index contributed by atoms with van der Waals surface area (Å²) in [6.07, 6.45) is 1.85. The molecule has 0 amide bonds. The summed E-state index contributed by atoms with van der Waals surface area (Å²) in [6.45, 7) is 8.44. The largest absolute Gasteiger partial charge is 0.359 e. The Morgan fingerprint density at radius 1 is 1.30 bits per heavy atom. The quantitative estimate of drug-likeness (QED) is 0.462. The third-order valence-electron chi connectivity index (χ3n) is 3.57. The molecule has 2 N–H and O–H groups in total. The molecule has 0 unspecified atom stereocenters. The molecule has 7 nitrogen and oxygen atoms in total. The van der Waals surface area contributed by atoms with Crippen LogP contribution in [0.4, 0.5) is 0 Å². The SMILES string of the molecule is CCc1cc(CNC(=NC)NCCCn2nc(C)cc2C)on1. The molecule has 0 fully saturated rings. The van der Waals surface area contributed by atoms with Gasteiger partial charge in [0.05, 0.1) is 17.9 Å². The van der Waals surface area contributed by atoms with Gasteiger partial charge in [-0.1, -0.05) is 12.1 Å². The molecule has 0 atom stereocenters. The van der Waals surface area contributed by atoms with Gasteiger partial charge in [0.1, 0.15) is 0 Å². The summed E-state index contributed by atoms with van der Waals surface area (Å²) in [4.78, 5) is 4.21. The average Bonchev–Trinajstić information content (AvgIpc) is 3.12. The molecule has 0 saturated carbocycles. The minimum Gasteiger partial charge on any atom is -0.359 e. The zero-order valence-electron chi connectivity index (χ0n) is 14.4. The maximum Gasteiger partial charge on any atom is 0.191 e. The number of guanidine groups is 1. The predicted molar refractivity (Wildman–Crippen MR) is 90.4 cm³/mol. The second kappa shape index (κ2) is 8.36. The van der Waals surface area contributed by atoms with E-state index >= 15 is 0 Å². The average molecular weight is 318 g/mol. The first kappa shape index (κ1) is 17.1. The Morgan fingerprint density at radius 3 is 2.74 bits per heavy atom. The van der Waals surface area contributed by atoms with Gasteiger partial charge in [-0.2, -0.15) is 5.10 Å². The van der Waals surface area contributed by atoms with Crippen molar-refractivity contribution < 1.29 is 4.52 Å².